The predicted octanol–water partition coefficient (Wildman–Crippen LogP) is 9.65. The van der Waals surface area contributed by atoms with Crippen LogP contribution in [0.1, 0.15) is 92.5 Å². The van der Waals surface area contributed by atoms with Crippen LogP contribution in [-0.2, 0) is 16.2 Å². The van der Waals surface area contributed by atoms with E-state index in [1.807, 2.05) is 0 Å². The summed E-state index contributed by atoms with van der Waals surface area (Å²) in [5.74, 6) is 0. The van der Waals surface area contributed by atoms with E-state index >= 15 is 0 Å². The molecule has 0 radical (unpaired) electrons. The van der Waals surface area contributed by atoms with Crippen molar-refractivity contribution in [1.29, 1.82) is 0 Å². The van der Waals surface area contributed by atoms with E-state index in [0.717, 1.165) is 6.42 Å². The van der Waals surface area contributed by atoms with E-state index in [9.17, 15) is 0 Å². The van der Waals surface area contributed by atoms with Crippen LogP contribution in [0.2, 0.25) is 0 Å². The molecule has 0 saturated heterocycles. The van der Waals surface area contributed by atoms with Gasteiger partial charge in [0.2, 0.25) is 0 Å². The zero-order valence-electron chi connectivity index (χ0n) is 23.3. The Morgan fingerprint density at radius 3 is 1.39 bits per heavy atom. The first-order valence-electron chi connectivity index (χ1n) is 13.4. The zero-order valence-corrected chi connectivity index (χ0v) is 23.3. The number of benzene rings is 4. The average molecular weight is 473 g/mol. The largest absolute Gasteiger partial charge is 0.0713 e. The van der Waals surface area contributed by atoms with Crippen LogP contribution in [0.15, 0.2) is 84.9 Å². The molecule has 0 aromatic heterocycles. The Labute approximate surface area is 218 Å². The molecule has 0 N–H and O–H groups in total. The first-order valence-corrected chi connectivity index (χ1v) is 13.4. The van der Waals surface area contributed by atoms with Gasteiger partial charge in [0.1, 0.15) is 0 Å². The van der Waals surface area contributed by atoms with E-state index in [1.54, 1.807) is 0 Å². The molecule has 0 spiro atoms. The van der Waals surface area contributed by atoms with Gasteiger partial charge in [0.15, 0.2) is 0 Å². The molecule has 0 fully saturated rings. The molecule has 0 aliphatic heterocycles. The fraction of sp³-hybridized carbons (Fsp3) is 0.333. The lowest BCUT2D eigenvalue weighted by Gasteiger charge is -2.36. The highest BCUT2D eigenvalue weighted by atomic mass is 14.5. The molecule has 0 heterocycles. The van der Waals surface area contributed by atoms with Gasteiger partial charge in [0.05, 0.1) is 5.41 Å². The zero-order chi connectivity index (χ0) is 25.9. The van der Waals surface area contributed by atoms with Crippen LogP contribution in [-0.4, -0.2) is 0 Å². The molecule has 1 aliphatic carbocycles. The molecular formula is C36H40. The van der Waals surface area contributed by atoms with Gasteiger partial charge in [0, 0.05) is 0 Å². The topological polar surface area (TPSA) is 0 Å². The number of fused-ring (bicyclic) bond motifs is 3. The maximum atomic E-state index is 2.52. The second-order valence-electron chi connectivity index (χ2n) is 12.5. The Morgan fingerprint density at radius 1 is 0.556 bits per heavy atom. The highest BCUT2D eigenvalue weighted by Crippen LogP contribution is 2.57. The molecule has 0 unspecified atom stereocenters. The summed E-state index contributed by atoms with van der Waals surface area (Å²) in [5, 5.41) is 0. The van der Waals surface area contributed by atoms with Gasteiger partial charge in [-0.05, 0) is 75.6 Å². The molecule has 4 aromatic carbocycles. The Morgan fingerprint density at radius 2 is 0.972 bits per heavy atom. The number of aryl methyl sites for hydroxylation is 2. The third kappa shape index (κ3) is 3.74. The van der Waals surface area contributed by atoms with Gasteiger partial charge in [-0.25, -0.2) is 0 Å². The SMILES string of the molecule is CCC(C)(C)c1ccc2c(c1)C(c1ccc(C)cc1)(c1ccc(C)cc1)c1cc(C(C)(C)C)ccc1-2. The van der Waals surface area contributed by atoms with Gasteiger partial charge < -0.3 is 0 Å². The minimum Gasteiger partial charge on any atom is -0.0646 e. The molecule has 1 aliphatic rings. The van der Waals surface area contributed by atoms with E-state index < -0.39 is 0 Å². The van der Waals surface area contributed by atoms with Crippen molar-refractivity contribution in [1.82, 2.24) is 0 Å². The van der Waals surface area contributed by atoms with Crippen molar-refractivity contribution in [2.45, 2.75) is 78.1 Å². The molecule has 5 rings (SSSR count). The van der Waals surface area contributed by atoms with Crippen molar-refractivity contribution in [3.05, 3.63) is 129 Å². The molecule has 0 amide bonds. The molecule has 0 atom stereocenters. The van der Waals surface area contributed by atoms with Crippen LogP contribution in [0.4, 0.5) is 0 Å². The lowest BCUT2D eigenvalue weighted by molar-refractivity contribution is 0.505. The first-order chi connectivity index (χ1) is 17.0. The molecule has 184 valence electrons. The van der Waals surface area contributed by atoms with Crippen molar-refractivity contribution in [3.8, 4) is 11.1 Å². The highest BCUT2D eigenvalue weighted by Gasteiger charge is 2.47. The monoisotopic (exact) mass is 472 g/mol. The summed E-state index contributed by atoms with van der Waals surface area (Å²) < 4.78 is 0. The lowest BCUT2D eigenvalue weighted by Crippen LogP contribution is -2.30. The number of hydrogen-bond donors (Lipinski definition) is 0. The van der Waals surface area contributed by atoms with Crippen molar-refractivity contribution in [2.75, 3.05) is 0 Å². The van der Waals surface area contributed by atoms with Gasteiger partial charge >= 0.3 is 0 Å². The van der Waals surface area contributed by atoms with Gasteiger partial charge in [-0.15, -0.1) is 0 Å². The van der Waals surface area contributed by atoms with Crippen LogP contribution in [0, 0.1) is 13.8 Å². The van der Waals surface area contributed by atoms with Crippen LogP contribution in [0.5, 0.6) is 0 Å². The molecule has 36 heavy (non-hydrogen) atoms. The summed E-state index contributed by atoms with van der Waals surface area (Å²) in [6.07, 6.45) is 1.11. The molecule has 0 saturated carbocycles. The summed E-state index contributed by atoms with van der Waals surface area (Å²) in [5.41, 5.74) is 13.4. The van der Waals surface area contributed by atoms with E-state index in [4.69, 9.17) is 0 Å². The average Bonchev–Trinajstić information content (AvgIpc) is 3.14. The summed E-state index contributed by atoms with van der Waals surface area (Å²) >= 11 is 0. The molecule has 4 aromatic rings. The van der Waals surface area contributed by atoms with Gasteiger partial charge in [-0.1, -0.05) is 138 Å². The normalized spacial score (nSPS) is 14.4. The summed E-state index contributed by atoms with van der Waals surface area (Å²) in [6.45, 7) is 18.3. The Hall–Kier alpha value is -3.12. The Kier molecular flexibility index (Phi) is 5.79. The molecule has 0 bridgehead atoms. The molecule has 0 nitrogen and oxygen atoms in total. The molecule has 0 heteroatoms. The smallest absolute Gasteiger partial charge is 0.0646 e. The fourth-order valence-electron chi connectivity index (χ4n) is 5.81. The van der Waals surface area contributed by atoms with Crippen molar-refractivity contribution < 1.29 is 0 Å². The van der Waals surface area contributed by atoms with E-state index in [-0.39, 0.29) is 16.2 Å². The van der Waals surface area contributed by atoms with E-state index in [0.29, 0.717) is 0 Å². The standard InChI is InChI=1S/C36H40/c1-9-35(7,8)29-19-21-31-30-20-18-28(34(4,5)6)22-32(30)36(33(31)23-29,26-14-10-24(2)11-15-26)27-16-12-25(3)13-17-27/h10-23H,9H2,1-8H3. The summed E-state index contributed by atoms with van der Waals surface area (Å²) in [4.78, 5) is 0. The quantitative estimate of drug-likeness (QED) is 0.244. The summed E-state index contributed by atoms with van der Waals surface area (Å²) in [7, 11) is 0. The second kappa shape index (κ2) is 8.48. The third-order valence-electron chi connectivity index (χ3n) is 8.64. The lowest BCUT2D eigenvalue weighted by atomic mass is 9.66. The highest BCUT2D eigenvalue weighted by molar-refractivity contribution is 5.87. The van der Waals surface area contributed by atoms with E-state index in [1.165, 1.54) is 55.6 Å². The second-order valence-corrected chi connectivity index (χ2v) is 12.5. The van der Waals surface area contributed by atoms with Crippen LogP contribution < -0.4 is 0 Å². The van der Waals surface area contributed by atoms with Gasteiger partial charge in [0.25, 0.3) is 0 Å². The minimum absolute atomic E-state index is 0.0749. The number of hydrogen-bond acceptors (Lipinski definition) is 0. The maximum absolute atomic E-state index is 2.52. The van der Waals surface area contributed by atoms with Crippen LogP contribution >= 0.6 is 0 Å². The van der Waals surface area contributed by atoms with Crippen LogP contribution in [0.3, 0.4) is 0 Å². The maximum Gasteiger partial charge on any atom is 0.0713 e. The van der Waals surface area contributed by atoms with Crippen molar-refractivity contribution in [3.63, 3.8) is 0 Å². The third-order valence-corrected chi connectivity index (χ3v) is 8.64. The van der Waals surface area contributed by atoms with Gasteiger partial charge in [-0.3, -0.25) is 0 Å². The Bertz CT molecular complexity index is 1360. The predicted molar refractivity (Wildman–Crippen MR) is 155 cm³/mol. The van der Waals surface area contributed by atoms with Gasteiger partial charge in [-0.2, -0.15) is 0 Å². The fourth-order valence-corrected chi connectivity index (χ4v) is 5.81. The Balaban J connectivity index is 1.95. The minimum atomic E-state index is -0.354. The summed E-state index contributed by atoms with van der Waals surface area (Å²) in [6, 6.07) is 33.0. The number of rotatable bonds is 4. The van der Waals surface area contributed by atoms with Crippen molar-refractivity contribution in [2.24, 2.45) is 0 Å². The van der Waals surface area contributed by atoms with Crippen LogP contribution in [0.25, 0.3) is 11.1 Å². The molecular weight excluding hydrogens is 432 g/mol. The van der Waals surface area contributed by atoms with Crippen molar-refractivity contribution >= 4 is 0 Å². The first kappa shape index (κ1) is 24.6. The van der Waals surface area contributed by atoms with E-state index in [2.05, 4.69) is 140 Å².